The van der Waals surface area contributed by atoms with Gasteiger partial charge in [0.05, 0.1) is 10.8 Å². The van der Waals surface area contributed by atoms with Crippen LogP contribution in [0.4, 0.5) is 5.69 Å². The molecule has 0 radical (unpaired) electrons. The van der Waals surface area contributed by atoms with Gasteiger partial charge in [-0.05, 0) is 31.0 Å². The Bertz CT molecular complexity index is 742. The SMILES string of the molecule is CC(=O)N1CCCC(C(=O)Nc2cccc(S(=O)(=O)NCCN)c2)C1.Cl. The van der Waals surface area contributed by atoms with Crippen LogP contribution >= 0.6 is 12.4 Å². The summed E-state index contributed by atoms with van der Waals surface area (Å²) >= 11 is 0. The van der Waals surface area contributed by atoms with Crippen LogP contribution in [0.1, 0.15) is 19.8 Å². The highest BCUT2D eigenvalue weighted by Gasteiger charge is 2.27. The van der Waals surface area contributed by atoms with Gasteiger partial charge in [0, 0.05) is 38.8 Å². The van der Waals surface area contributed by atoms with Gasteiger partial charge in [0.25, 0.3) is 0 Å². The summed E-state index contributed by atoms with van der Waals surface area (Å²) in [6.07, 6.45) is 1.47. The van der Waals surface area contributed by atoms with Crippen molar-refractivity contribution >= 4 is 39.9 Å². The zero-order valence-corrected chi connectivity index (χ0v) is 16.2. The molecule has 1 fully saturated rings. The molecule has 1 heterocycles. The molecule has 1 unspecified atom stereocenters. The number of carbonyl (C=O) groups excluding carboxylic acids is 2. The van der Waals surface area contributed by atoms with Crippen LogP contribution in [-0.4, -0.2) is 51.3 Å². The van der Waals surface area contributed by atoms with Crippen LogP contribution < -0.4 is 15.8 Å². The highest BCUT2D eigenvalue weighted by atomic mass is 35.5. The van der Waals surface area contributed by atoms with Crippen molar-refractivity contribution in [2.45, 2.75) is 24.7 Å². The number of nitrogens with zero attached hydrogens (tertiary/aromatic N) is 1. The second kappa shape index (κ2) is 9.86. The van der Waals surface area contributed by atoms with Crippen LogP contribution in [0.15, 0.2) is 29.2 Å². The molecule has 1 aromatic rings. The fraction of sp³-hybridized carbons (Fsp3) is 0.500. The van der Waals surface area contributed by atoms with Crippen molar-refractivity contribution in [2.75, 3.05) is 31.5 Å². The van der Waals surface area contributed by atoms with E-state index in [9.17, 15) is 18.0 Å². The molecule has 4 N–H and O–H groups in total. The smallest absolute Gasteiger partial charge is 0.240 e. The molecular weight excluding hydrogens is 380 g/mol. The number of sulfonamides is 1. The number of hydrogen-bond acceptors (Lipinski definition) is 5. The Hall–Kier alpha value is -1.68. The minimum atomic E-state index is -3.66. The van der Waals surface area contributed by atoms with Crippen molar-refractivity contribution in [3.05, 3.63) is 24.3 Å². The van der Waals surface area contributed by atoms with Gasteiger partial charge >= 0.3 is 0 Å². The van der Waals surface area contributed by atoms with Crippen LogP contribution in [0, 0.1) is 5.92 Å². The molecule has 1 saturated heterocycles. The Morgan fingerprint density at radius 3 is 2.73 bits per heavy atom. The van der Waals surface area contributed by atoms with Gasteiger partial charge < -0.3 is 16.0 Å². The lowest BCUT2D eigenvalue weighted by atomic mass is 9.97. The largest absolute Gasteiger partial charge is 0.342 e. The summed E-state index contributed by atoms with van der Waals surface area (Å²) in [5, 5.41) is 2.75. The minimum Gasteiger partial charge on any atom is -0.342 e. The molecule has 10 heteroatoms. The minimum absolute atomic E-state index is 0. The number of piperidine rings is 1. The summed E-state index contributed by atoms with van der Waals surface area (Å²) in [7, 11) is -3.66. The van der Waals surface area contributed by atoms with Crippen molar-refractivity contribution in [3.63, 3.8) is 0 Å². The van der Waals surface area contributed by atoms with E-state index in [4.69, 9.17) is 5.73 Å². The lowest BCUT2D eigenvalue weighted by molar-refractivity contribution is -0.132. The Morgan fingerprint density at radius 1 is 1.35 bits per heavy atom. The fourth-order valence-electron chi connectivity index (χ4n) is 2.74. The number of hydrogen-bond donors (Lipinski definition) is 3. The van der Waals surface area contributed by atoms with Gasteiger partial charge in [-0.1, -0.05) is 6.07 Å². The maximum absolute atomic E-state index is 12.4. The van der Waals surface area contributed by atoms with Crippen molar-refractivity contribution in [1.29, 1.82) is 0 Å². The molecule has 146 valence electrons. The van der Waals surface area contributed by atoms with Crippen LogP contribution in [0.2, 0.25) is 0 Å². The van der Waals surface area contributed by atoms with Crippen molar-refractivity contribution in [2.24, 2.45) is 11.7 Å². The summed E-state index contributed by atoms with van der Waals surface area (Å²) in [5.41, 5.74) is 5.72. The molecular formula is C16H25ClN4O4S. The average Bonchev–Trinajstić information content (AvgIpc) is 2.60. The standard InChI is InChI=1S/C16H24N4O4S.ClH/c1-12(21)20-9-3-4-13(11-20)16(22)19-14-5-2-6-15(10-14)25(23,24)18-8-7-17;/h2,5-6,10,13,18H,3-4,7-9,11,17H2,1H3,(H,19,22);1H. The maximum atomic E-state index is 12.4. The zero-order valence-electron chi connectivity index (χ0n) is 14.6. The van der Waals surface area contributed by atoms with Crippen molar-refractivity contribution in [1.82, 2.24) is 9.62 Å². The molecule has 0 spiro atoms. The predicted molar refractivity (Wildman–Crippen MR) is 102 cm³/mol. The van der Waals surface area contributed by atoms with E-state index in [1.807, 2.05) is 0 Å². The van der Waals surface area contributed by atoms with E-state index in [1.54, 1.807) is 17.0 Å². The third-order valence-electron chi connectivity index (χ3n) is 4.09. The molecule has 0 saturated carbocycles. The lowest BCUT2D eigenvalue weighted by Gasteiger charge is -2.31. The normalized spacial score (nSPS) is 17.3. The molecule has 0 bridgehead atoms. The van der Waals surface area contributed by atoms with E-state index < -0.39 is 10.0 Å². The van der Waals surface area contributed by atoms with Gasteiger partial charge in [-0.15, -0.1) is 12.4 Å². The number of likely N-dealkylation sites (tertiary alicyclic amines) is 1. The van der Waals surface area contributed by atoms with E-state index in [0.29, 0.717) is 25.2 Å². The molecule has 1 aliphatic heterocycles. The Kier molecular flexibility index (Phi) is 8.48. The fourth-order valence-corrected chi connectivity index (χ4v) is 3.83. The van der Waals surface area contributed by atoms with Crippen molar-refractivity contribution < 1.29 is 18.0 Å². The Labute approximate surface area is 160 Å². The van der Waals surface area contributed by atoms with E-state index in [1.165, 1.54) is 19.1 Å². The van der Waals surface area contributed by atoms with Gasteiger partial charge in [0.2, 0.25) is 21.8 Å². The lowest BCUT2D eigenvalue weighted by Crippen LogP contribution is -2.42. The van der Waals surface area contributed by atoms with Gasteiger partial charge in [-0.25, -0.2) is 13.1 Å². The van der Waals surface area contributed by atoms with E-state index >= 15 is 0 Å². The number of nitrogens with two attached hydrogens (primary N) is 1. The first-order chi connectivity index (χ1) is 11.8. The summed E-state index contributed by atoms with van der Waals surface area (Å²) in [6, 6.07) is 6.05. The van der Waals surface area contributed by atoms with Crippen LogP contribution in [0.3, 0.4) is 0 Å². The van der Waals surface area contributed by atoms with Gasteiger partial charge in [-0.3, -0.25) is 9.59 Å². The predicted octanol–water partition coefficient (Wildman–Crippen LogP) is 0.542. The second-order valence-corrected chi connectivity index (χ2v) is 7.77. The molecule has 1 aliphatic rings. The molecule has 2 rings (SSSR count). The summed E-state index contributed by atoms with van der Waals surface area (Å²) in [5.74, 6) is -0.555. The van der Waals surface area contributed by atoms with Gasteiger partial charge in [-0.2, -0.15) is 0 Å². The van der Waals surface area contributed by atoms with Crippen LogP contribution in [0.25, 0.3) is 0 Å². The number of rotatable bonds is 6. The van der Waals surface area contributed by atoms with Crippen LogP contribution in [-0.2, 0) is 19.6 Å². The number of anilines is 1. The third-order valence-corrected chi connectivity index (χ3v) is 5.54. The third kappa shape index (κ3) is 5.94. The average molecular weight is 405 g/mol. The number of carbonyl (C=O) groups is 2. The first kappa shape index (κ1) is 22.4. The van der Waals surface area contributed by atoms with E-state index in [2.05, 4.69) is 10.0 Å². The molecule has 8 nitrogen and oxygen atoms in total. The van der Waals surface area contributed by atoms with Gasteiger partial charge in [0.1, 0.15) is 0 Å². The second-order valence-electron chi connectivity index (χ2n) is 6.01. The summed E-state index contributed by atoms with van der Waals surface area (Å²) < 4.78 is 26.6. The molecule has 0 aliphatic carbocycles. The van der Waals surface area contributed by atoms with Crippen molar-refractivity contribution in [3.8, 4) is 0 Å². The molecule has 1 atom stereocenters. The van der Waals surface area contributed by atoms with Crippen LogP contribution in [0.5, 0.6) is 0 Å². The molecule has 1 aromatic carbocycles. The van der Waals surface area contributed by atoms with Gasteiger partial charge in [0.15, 0.2) is 0 Å². The molecule has 0 aromatic heterocycles. The molecule has 26 heavy (non-hydrogen) atoms. The number of halogens is 1. The summed E-state index contributed by atoms with van der Waals surface area (Å²) in [6.45, 7) is 2.88. The highest BCUT2D eigenvalue weighted by Crippen LogP contribution is 2.20. The topological polar surface area (TPSA) is 122 Å². The first-order valence-electron chi connectivity index (χ1n) is 8.19. The Balaban J connectivity index is 0.00000338. The maximum Gasteiger partial charge on any atom is 0.240 e. The molecule has 2 amide bonds. The number of amides is 2. The zero-order chi connectivity index (χ0) is 18.4. The quantitative estimate of drug-likeness (QED) is 0.638. The van der Waals surface area contributed by atoms with E-state index in [0.717, 1.165) is 6.42 Å². The number of benzene rings is 1. The van der Waals surface area contributed by atoms with E-state index in [-0.39, 0.29) is 48.1 Å². The number of nitrogens with one attached hydrogen (secondary N) is 2. The summed E-state index contributed by atoms with van der Waals surface area (Å²) in [4.78, 5) is 25.6. The monoisotopic (exact) mass is 404 g/mol. The highest BCUT2D eigenvalue weighted by molar-refractivity contribution is 7.89. The first-order valence-corrected chi connectivity index (χ1v) is 9.68. The Morgan fingerprint density at radius 2 is 2.08 bits per heavy atom.